The largest absolute Gasteiger partial charge is 0.396 e. The second-order valence-electron chi connectivity index (χ2n) is 2.04. The third-order valence-corrected chi connectivity index (χ3v) is 1.94. The third-order valence-electron chi connectivity index (χ3n) is 1.08. The fourth-order valence-corrected chi connectivity index (χ4v) is 0.914. The van der Waals surface area contributed by atoms with Gasteiger partial charge >= 0.3 is 5.97 Å². The number of aliphatic hydroxyl groups is 1. The molecular weight excluding hydrogens is 223 g/mol. The minimum atomic E-state index is -0.872. The van der Waals surface area contributed by atoms with E-state index in [0.29, 0.717) is 0 Å². The molecule has 0 heterocycles. The molecule has 0 amide bonds. The second-order valence-corrected chi connectivity index (χ2v) is 3.94. The Balaban J connectivity index is 3.96. The second kappa shape index (κ2) is 4.16. The number of rotatable bonds is 3. The highest BCUT2D eigenvalue weighted by molar-refractivity contribution is 9.10. The lowest BCUT2D eigenvalue weighted by atomic mass is 10.1. The van der Waals surface area contributed by atoms with E-state index in [4.69, 9.17) is 17.0 Å². The zero-order valence-corrected chi connectivity index (χ0v) is 7.78. The molecule has 0 aliphatic carbocycles. The molecule has 10 heavy (non-hydrogen) atoms. The van der Waals surface area contributed by atoms with E-state index in [1.807, 2.05) is 0 Å². The van der Waals surface area contributed by atoms with E-state index in [2.05, 4.69) is 20.2 Å². The molecular formula is C5H8BrClO3. The van der Waals surface area contributed by atoms with Crippen molar-refractivity contribution in [2.24, 2.45) is 0 Å². The number of carbonyl (C=O) groups excluding carboxylic acids is 1. The van der Waals surface area contributed by atoms with Crippen LogP contribution in [0.3, 0.4) is 0 Å². The maximum atomic E-state index is 10.7. The molecule has 0 spiro atoms. The van der Waals surface area contributed by atoms with E-state index < -0.39 is 10.3 Å². The summed E-state index contributed by atoms with van der Waals surface area (Å²) < 4.78 is 3.07. The maximum absolute atomic E-state index is 10.7. The van der Waals surface area contributed by atoms with Crippen molar-refractivity contribution in [3.63, 3.8) is 0 Å². The van der Waals surface area contributed by atoms with Crippen molar-refractivity contribution in [1.82, 2.24) is 0 Å². The molecule has 0 aromatic carbocycles. The van der Waals surface area contributed by atoms with E-state index in [9.17, 15) is 4.79 Å². The molecule has 60 valence electrons. The van der Waals surface area contributed by atoms with Crippen molar-refractivity contribution in [2.45, 2.75) is 17.7 Å². The molecule has 0 bridgehead atoms. The van der Waals surface area contributed by atoms with Gasteiger partial charge in [0.25, 0.3) is 0 Å². The molecule has 0 fully saturated rings. The van der Waals surface area contributed by atoms with E-state index in [1.165, 1.54) is 0 Å². The van der Waals surface area contributed by atoms with Crippen molar-refractivity contribution < 1.29 is 14.2 Å². The predicted octanol–water partition coefficient (Wildman–Crippen LogP) is 1.22. The SMILES string of the molecule is CC(Br)(CCO)C(=O)OCl. The quantitative estimate of drug-likeness (QED) is 0.743. The molecule has 0 aromatic heterocycles. The van der Waals surface area contributed by atoms with Crippen LogP contribution in [0.2, 0.25) is 0 Å². The first-order valence-electron chi connectivity index (χ1n) is 2.67. The minimum Gasteiger partial charge on any atom is -0.396 e. The van der Waals surface area contributed by atoms with Crippen LogP contribution in [0.25, 0.3) is 0 Å². The van der Waals surface area contributed by atoms with Gasteiger partial charge in [0, 0.05) is 6.61 Å². The molecule has 3 nitrogen and oxygen atoms in total. The van der Waals surface area contributed by atoms with Gasteiger partial charge in [0.15, 0.2) is 0 Å². The first-order valence-corrected chi connectivity index (χ1v) is 3.77. The summed E-state index contributed by atoms with van der Waals surface area (Å²) >= 11 is 7.86. The fourth-order valence-electron chi connectivity index (χ4n) is 0.392. The smallest absolute Gasteiger partial charge is 0.341 e. The molecule has 0 aliphatic heterocycles. The summed E-state index contributed by atoms with van der Waals surface area (Å²) in [6.07, 6.45) is 0.276. The van der Waals surface area contributed by atoms with E-state index in [-0.39, 0.29) is 13.0 Å². The Labute approximate surface area is 72.6 Å². The normalized spacial score (nSPS) is 16.0. The van der Waals surface area contributed by atoms with Crippen LogP contribution in [-0.4, -0.2) is 22.0 Å². The number of alkyl halides is 1. The molecule has 0 aliphatic rings. The first-order chi connectivity index (χ1) is 4.54. The highest BCUT2D eigenvalue weighted by Crippen LogP contribution is 2.23. The lowest BCUT2D eigenvalue weighted by molar-refractivity contribution is -0.136. The van der Waals surface area contributed by atoms with Crippen LogP contribution in [0.15, 0.2) is 0 Å². The van der Waals surface area contributed by atoms with Crippen LogP contribution in [0.5, 0.6) is 0 Å². The minimum absolute atomic E-state index is 0.0895. The highest BCUT2D eigenvalue weighted by atomic mass is 79.9. The maximum Gasteiger partial charge on any atom is 0.341 e. The molecule has 0 saturated heterocycles. The van der Waals surface area contributed by atoms with Gasteiger partial charge in [-0.1, -0.05) is 15.9 Å². The van der Waals surface area contributed by atoms with Gasteiger partial charge < -0.3 is 9.40 Å². The summed E-state index contributed by atoms with van der Waals surface area (Å²) in [6.45, 7) is 1.49. The van der Waals surface area contributed by atoms with Crippen molar-refractivity contribution in [2.75, 3.05) is 6.61 Å². The standard InChI is InChI=1S/C5H8BrClO3/c1-5(6,2-3-8)4(9)10-7/h8H,2-3H2,1H3. The van der Waals surface area contributed by atoms with Crippen molar-refractivity contribution in [1.29, 1.82) is 0 Å². The molecule has 5 heteroatoms. The monoisotopic (exact) mass is 230 g/mol. The average Bonchev–Trinajstić information content (AvgIpc) is 1.86. The Hall–Kier alpha value is 0.200. The van der Waals surface area contributed by atoms with Crippen molar-refractivity contribution in [3.05, 3.63) is 0 Å². The molecule has 0 aromatic rings. The Morgan fingerprint density at radius 2 is 2.40 bits per heavy atom. The van der Waals surface area contributed by atoms with Crippen LogP contribution < -0.4 is 0 Å². The number of halogens is 2. The molecule has 1 N–H and O–H groups in total. The van der Waals surface area contributed by atoms with Crippen LogP contribution in [-0.2, 0) is 9.08 Å². The van der Waals surface area contributed by atoms with Gasteiger partial charge in [0.2, 0.25) is 0 Å². The molecule has 1 atom stereocenters. The Kier molecular flexibility index (Phi) is 4.24. The zero-order chi connectivity index (χ0) is 8.20. The van der Waals surface area contributed by atoms with E-state index in [1.54, 1.807) is 6.92 Å². The summed E-state index contributed by atoms with van der Waals surface area (Å²) in [6, 6.07) is 0. The van der Waals surface area contributed by atoms with Gasteiger partial charge in [0.1, 0.15) is 16.2 Å². The van der Waals surface area contributed by atoms with Crippen LogP contribution in [0, 0.1) is 0 Å². The van der Waals surface area contributed by atoms with Gasteiger partial charge in [-0.3, -0.25) is 0 Å². The number of aliphatic hydroxyl groups excluding tert-OH is 1. The van der Waals surface area contributed by atoms with Gasteiger partial charge in [-0.15, -0.1) is 0 Å². The topological polar surface area (TPSA) is 46.5 Å². The molecule has 0 saturated carbocycles. The number of hydrogen-bond donors (Lipinski definition) is 1. The van der Waals surface area contributed by atoms with Crippen LogP contribution in [0.1, 0.15) is 13.3 Å². The summed E-state index contributed by atoms with van der Waals surface area (Å²) in [5, 5.41) is 8.47. The van der Waals surface area contributed by atoms with E-state index >= 15 is 0 Å². The lowest BCUT2D eigenvalue weighted by Crippen LogP contribution is -2.29. The predicted molar refractivity (Wildman–Crippen MR) is 41.0 cm³/mol. The third kappa shape index (κ3) is 2.86. The van der Waals surface area contributed by atoms with Gasteiger partial charge in [-0.25, -0.2) is 4.79 Å². The zero-order valence-electron chi connectivity index (χ0n) is 5.43. The van der Waals surface area contributed by atoms with E-state index in [0.717, 1.165) is 0 Å². The first kappa shape index (κ1) is 10.2. The Bertz CT molecular complexity index is 126. The van der Waals surface area contributed by atoms with Gasteiger partial charge in [-0.2, -0.15) is 0 Å². The fraction of sp³-hybridized carbons (Fsp3) is 0.800. The van der Waals surface area contributed by atoms with Gasteiger partial charge in [0.05, 0.1) is 0 Å². The highest BCUT2D eigenvalue weighted by Gasteiger charge is 2.31. The Morgan fingerprint density at radius 3 is 2.70 bits per heavy atom. The number of carbonyl (C=O) groups is 1. The summed E-state index contributed by atoms with van der Waals surface area (Å²) in [5.41, 5.74) is 0. The van der Waals surface area contributed by atoms with Crippen LogP contribution >= 0.6 is 27.8 Å². The molecule has 0 radical (unpaired) electrons. The van der Waals surface area contributed by atoms with Crippen molar-refractivity contribution >= 4 is 33.8 Å². The van der Waals surface area contributed by atoms with Gasteiger partial charge in [-0.05, 0) is 13.3 Å². The number of hydrogen-bond acceptors (Lipinski definition) is 3. The van der Waals surface area contributed by atoms with Crippen LogP contribution in [0.4, 0.5) is 0 Å². The summed E-state index contributed by atoms with van der Waals surface area (Å²) in [7, 11) is 0. The summed E-state index contributed by atoms with van der Waals surface area (Å²) in [4.78, 5) is 10.7. The average molecular weight is 231 g/mol. The molecule has 1 unspecified atom stereocenters. The summed E-state index contributed by atoms with van der Waals surface area (Å²) in [5.74, 6) is -0.594. The lowest BCUT2D eigenvalue weighted by Gasteiger charge is -2.15. The molecule has 0 rings (SSSR count). The van der Waals surface area contributed by atoms with Crippen molar-refractivity contribution in [3.8, 4) is 0 Å². The Morgan fingerprint density at radius 1 is 1.90 bits per heavy atom.